The summed E-state index contributed by atoms with van der Waals surface area (Å²) in [5, 5.41) is 9.44. The third-order valence-corrected chi connectivity index (χ3v) is 6.57. The topological polar surface area (TPSA) is 119 Å². The van der Waals surface area contributed by atoms with E-state index in [-0.39, 0.29) is 5.92 Å². The van der Waals surface area contributed by atoms with Gasteiger partial charge in [-0.1, -0.05) is 18.2 Å². The van der Waals surface area contributed by atoms with E-state index in [9.17, 15) is 0 Å². The fraction of sp³-hybridized carbons (Fsp3) is 0.179. The summed E-state index contributed by atoms with van der Waals surface area (Å²) in [5.74, 6) is 0.839. The van der Waals surface area contributed by atoms with Gasteiger partial charge < -0.3 is 19.9 Å². The fourth-order valence-electron chi connectivity index (χ4n) is 4.58. The number of ether oxygens (including phenoxy) is 1. The van der Waals surface area contributed by atoms with Crippen molar-refractivity contribution in [1.29, 1.82) is 0 Å². The molecule has 4 N–H and O–H groups in total. The van der Waals surface area contributed by atoms with Crippen molar-refractivity contribution in [2.45, 2.75) is 13.3 Å². The van der Waals surface area contributed by atoms with E-state index in [4.69, 9.17) is 19.9 Å². The first-order chi connectivity index (χ1) is 17.7. The third kappa shape index (κ3) is 4.12. The number of hydrogen-bond donors (Lipinski definition) is 3. The number of rotatable bonds is 8. The summed E-state index contributed by atoms with van der Waals surface area (Å²) in [4.78, 5) is 12.6. The minimum atomic E-state index is 0.160. The first kappa shape index (κ1) is 22.1. The molecule has 6 rings (SSSR count). The number of benzene rings is 1. The van der Waals surface area contributed by atoms with Gasteiger partial charge in [0.2, 0.25) is 0 Å². The number of nitrogens with zero attached hydrogens (tertiary/aromatic N) is 3. The Balaban J connectivity index is 1.28. The van der Waals surface area contributed by atoms with Crippen molar-refractivity contribution in [2.24, 2.45) is 11.7 Å². The van der Waals surface area contributed by atoms with Crippen LogP contribution in [0.3, 0.4) is 0 Å². The number of aromatic nitrogens is 5. The Morgan fingerprint density at radius 1 is 1.06 bits per heavy atom. The summed E-state index contributed by atoms with van der Waals surface area (Å²) in [7, 11) is 0. The van der Waals surface area contributed by atoms with E-state index in [0.29, 0.717) is 24.5 Å². The van der Waals surface area contributed by atoms with Gasteiger partial charge in [-0.3, -0.25) is 10.1 Å². The number of nitrogens with one attached hydrogen (secondary N) is 2. The zero-order valence-electron chi connectivity index (χ0n) is 19.9. The molecule has 5 aromatic heterocycles. The van der Waals surface area contributed by atoms with Gasteiger partial charge in [-0.15, -0.1) is 0 Å². The molecule has 36 heavy (non-hydrogen) atoms. The maximum Gasteiger partial charge on any atom is 0.181 e. The first-order valence-electron chi connectivity index (χ1n) is 11.9. The smallest absolute Gasteiger partial charge is 0.181 e. The molecule has 8 heteroatoms. The zero-order chi connectivity index (χ0) is 24.5. The summed E-state index contributed by atoms with van der Waals surface area (Å²) in [6.07, 6.45) is 9.78. The predicted molar refractivity (Wildman–Crippen MR) is 140 cm³/mol. The van der Waals surface area contributed by atoms with Crippen LogP contribution in [0.2, 0.25) is 0 Å². The Hall–Kier alpha value is -4.43. The highest BCUT2D eigenvalue weighted by molar-refractivity contribution is 5.87. The molecule has 5 heterocycles. The van der Waals surface area contributed by atoms with E-state index in [1.807, 2.05) is 31.3 Å². The minimum absolute atomic E-state index is 0.160. The average Bonchev–Trinajstić information content (AvgIpc) is 3.67. The van der Waals surface area contributed by atoms with Gasteiger partial charge in [0.15, 0.2) is 5.65 Å². The Morgan fingerprint density at radius 3 is 2.83 bits per heavy atom. The van der Waals surface area contributed by atoms with Gasteiger partial charge in [0.25, 0.3) is 0 Å². The Bertz CT molecular complexity index is 1630. The molecule has 0 aliphatic carbocycles. The number of nitrogens with two attached hydrogens (primary N) is 1. The van der Waals surface area contributed by atoms with Crippen molar-refractivity contribution in [3.05, 3.63) is 84.8 Å². The molecule has 0 unspecified atom stereocenters. The maximum absolute atomic E-state index is 6.24. The molecule has 1 atom stereocenters. The van der Waals surface area contributed by atoms with Crippen LogP contribution >= 0.6 is 0 Å². The molecule has 0 fully saturated rings. The van der Waals surface area contributed by atoms with Crippen molar-refractivity contribution < 1.29 is 9.15 Å². The van der Waals surface area contributed by atoms with Crippen molar-refractivity contribution in [3.8, 4) is 28.1 Å². The predicted octanol–water partition coefficient (Wildman–Crippen LogP) is 5.27. The highest BCUT2D eigenvalue weighted by Gasteiger charge is 2.16. The quantitative estimate of drug-likeness (QED) is 0.274. The van der Waals surface area contributed by atoms with E-state index in [2.05, 4.69) is 50.6 Å². The van der Waals surface area contributed by atoms with Crippen LogP contribution in [0.5, 0.6) is 5.75 Å². The molecule has 0 spiro atoms. The molecule has 0 aliphatic heterocycles. The van der Waals surface area contributed by atoms with Crippen LogP contribution in [0, 0.1) is 12.8 Å². The van der Waals surface area contributed by atoms with Gasteiger partial charge in [0.1, 0.15) is 5.75 Å². The summed E-state index contributed by atoms with van der Waals surface area (Å²) < 4.78 is 11.6. The van der Waals surface area contributed by atoms with Gasteiger partial charge in [0, 0.05) is 57.0 Å². The number of H-pyrrole nitrogens is 2. The molecular formula is C28H26N6O2. The molecule has 6 aromatic rings. The lowest BCUT2D eigenvalue weighted by Gasteiger charge is -2.17. The molecule has 0 saturated carbocycles. The Morgan fingerprint density at radius 2 is 1.97 bits per heavy atom. The van der Waals surface area contributed by atoms with Crippen LogP contribution in [0.15, 0.2) is 78.0 Å². The van der Waals surface area contributed by atoms with Crippen LogP contribution in [-0.2, 0) is 6.42 Å². The largest absolute Gasteiger partial charge is 0.492 e. The van der Waals surface area contributed by atoms with Crippen molar-refractivity contribution in [1.82, 2.24) is 25.1 Å². The monoisotopic (exact) mass is 478 g/mol. The second-order valence-electron chi connectivity index (χ2n) is 9.00. The summed E-state index contributed by atoms with van der Waals surface area (Å²) in [5.41, 5.74) is 13.7. The second-order valence-corrected chi connectivity index (χ2v) is 9.00. The molecule has 0 radical (unpaired) electrons. The number of fused-ring (bicyclic) bond motifs is 2. The fourth-order valence-corrected chi connectivity index (χ4v) is 4.58. The molecule has 0 aliphatic rings. The molecule has 1 aromatic carbocycles. The lowest BCUT2D eigenvalue weighted by Crippen LogP contribution is -2.23. The van der Waals surface area contributed by atoms with Crippen LogP contribution in [-0.4, -0.2) is 38.3 Å². The number of furan rings is 1. The average molecular weight is 479 g/mol. The van der Waals surface area contributed by atoms with E-state index < -0.39 is 0 Å². The maximum atomic E-state index is 6.24. The standard InChI is InChI=1S/C28H26N6O2/c1-17-24-9-21(13-32-28(24)34-33-17)25-10-22(14-31-27(25)19-6-7-35-16-19)36-15-18(11-29)8-20-12-30-26-5-3-2-4-23(20)26/h2-7,9-10,12-14,16,18,30H,8,11,15,29H2,1H3,(H,32,33,34)/t18-/m0/s1. The Kier molecular flexibility index (Phi) is 5.71. The highest BCUT2D eigenvalue weighted by atomic mass is 16.5. The van der Waals surface area contributed by atoms with Crippen LogP contribution in [0.1, 0.15) is 11.3 Å². The Labute approximate surface area is 207 Å². The van der Waals surface area contributed by atoms with E-state index in [1.165, 1.54) is 10.9 Å². The van der Waals surface area contributed by atoms with Gasteiger partial charge >= 0.3 is 0 Å². The van der Waals surface area contributed by atoms with E-state index in [0.717, 1.165) is 45.4 Å². The normalized spacial score (nSPS) is 12.4. The zero-order valence-corrected chi connectivity index (χ0v) is 19.9. The minimum Gasteiger partial charge on any atom is -0.492 e. The molecule has 0 saturated heterocycles. The van der Waals surface area contributed by atoms with Gasteiger partial charge in [0.05, 0.1) is 31.0 Å². The molecule has 0 amide bonds. The molecular weight excluding hydrogens is 452 g/mol. The van der Waals surface area contributed by atoms with Crippen molar-refractivity contribution in [3.63, 3.8) is 0 Å². The lowest BCUT2D eigenvalue weighted by molar-refractivity contribution is 0.251. The van der Waals surface area contributed by atoms with E-state index >= 15 is 0 Å². The van der Waals surface area contributed by atoms with Crippen LogP contribution in [0.25, 0.3) is 44.3 Å². The van der Waals surface area contributed by atoms with Gasteiger partial charge in [-0.05, 0) is 49.7 Å². The SMILES string of the molecule is Cc1[nH]nc2ncc(-c3cc(OC[C@H](CN)Cc4c[nH]c5ccccc45)cnc3-c3ccoc3)cc12. The number of aryl methyl sites for hydroxylation is 1. The van der Waals surface area contributed by atoms with Gasteiger partial charge in [-0.25, -0.2) is 4.98 Å². The van der Waals surface area contributed by atoms with Crippen LogP contribution in [0.4, 0.5) is 0 Å². The number of para-hydroxylation sites is 1. The molecule has 8 nitrogen and oxygen atoms in total. The van der Waals surface area contributed by atoms with Gasteiger partial charge in [-0.2, -0.15) is 5.10 Å². The van der Waals surface area contributed by atoms with Crippen molar-refractivity contribution >= 4 is 21.9 Å². The van der Waals surface area contributed by atoms with Crippen LogP contribution < -0.4 is 10.5 Å². The van der Waals surface area contributed by atoms with E-state index in [1.54, 1.807) is 18.7 Å². The summed E-state index contributed by atoms with van der Waals surface area (Å²) in [6, 6.07) is 14.3. The molecule has 180 valence electrons. The van der Waals surface area contributed by atoms with Crippen molar-refractivity contribution in [2.75, 3.05) is 13.2 Å². The summed E-state index contributed by atoms with van der Waals surface area (Å²) in [6.45, 7) is 2.99. The second kappa shape index (κ2) is 9.31. The highest BCUT2D eigenvalue weighted by Crippen LogP contribution is 2.34. The number of pyridine rings is 2. The lowest BCUT2D eigenvalue weighted by atomic mass is 9.99. The summed E-state index contributed by atoms with van der Waals surface area (Å²) >= 11 is 0. The first-order valence-corrected chi connectivity index (χ1v) is 11.9. The number of hydrogen-bond acceptors (Lipinski definition) is 6. The number of aromatic amines is 2. The third-order valence-electron chi connectivity index (χ3n) is 6.57. The molecule has 0 bridgehead atoms.